The Hall–Kier alpha value is -2.97. The van der Waals surface area contributed by atoms with Gasteiger partial charge in [-0.3, -0.25) is 4.79 Å². The molecule has 0 aromatic heterocycles. The molecular weight excluding hydrogens is 314 g/mol. The summed E-state index contributed by atoms with van der Waals surface area (Å²) in [4.78, 5) is 12.1. The number of aromatic hydroxyl groups is 1. The highest BCUT2D eigenvalue weighted by Gasteiger charge is 2.11. The first-order valence-corrected chi connectivity index (χ1v) is 7.11. The number of nitrogens with zero attached hydrogens (tertiary/aromatic N) is 1. The maximum atomic E-state index is 12.1. The van der Waals surface area contributed by atoms with E-state index >= 15 is 0 Å². The zero-order chi connectivity index (χ0) is 16.8. The van der Waals surface area contributed by atoms with Gasteiger partial charge >= 0.3 is 0 Å². The van der Waals surface area contributed by atoms with E-state index in [0.29, 0.717) is 16.4 Å². The summed E-state index contributed by atoms with van der Waals surface area (Å²) in [5.41, 5.74) is 1.56. The topological polar surface area (TPSA) is 85.2 Å². The number of phenols is 1. The zero-order valence-electron chi connectivity index (χ0n) is 12.3. The minimum Gasteiger partial charge on any atom is -0.506 e. The first-order chi connectivity index (χ1) is 11.0. The summed E-state index contributed by atoms with van der Waals surface area (Å²) < 4.78 is 0. The molecule has 0 saturated heterocycles. The molecule has 3 N–H and O–H groups in total. The highest BCUT2D eigenvalue weighted by Crippen LogP contribution is 2.24. The standard InChI is InChI=1S/C17H14ClN3O2/c1-11-6-7-15(16(22)8-11)20-10-12(9-19)17(23)21-14-5-3-2-4-13(14)18/h2-8,10,20,22H,1H3,(H,21,23)/b12-10-. The number of nitrogens with one attached hydrogen (secondary N) is 2. The van der Waals surface area contributed by atoms with Crippen LogP contribution in [0.2, 0.25) is 5.02 Å². The molecule has 0 radical (unpaired) electrons. The summed E-state index contributed by atoms with van der Waals surface area (Å²) in [6.45, 7) is 1.84. The Labute approximate surface area is 138 Å². The Balaban J connectivity index is 2.14. The van der Waals surface area contributed by atoms with Crippen molar-refractivity contribution in [1.82, 2.24) is 0 Å². The number of nitriles is 1. The molecule has 2 rings (SSSR count). The number of para-hydroxylation sites is 1. The Kier molecular flexibility index (Phi) is 5.23. The fourth-order valence-electron chi connectivity index (χ4n) is 1.81. The van der Waals surface area contributed by atoms with Gasteiger partial charge in [0.2, 0.25) is 0 Å². The van der Waals surface area contributed by atoms with Crippen LogP contribution in [0.3, 0.4) is 0 Å². The molecule has 0 fully saturated rings. The van der Waals surface area contributed by atoms with Gasteiger partial charge in [0.25, 0.3) is 5.91 Å². The summed E-state index contributed by atoms with van der Waals surface area (Å²) in [6, 6.07) is 13.6. The number of aryl methyl sites for hydroxylation is 1. The molecule has 5 nitrogen and oxygen atoms in total. The van der Waals surface area contributed by atoms with Gasteiger partial charge in [-0.25, -0.2) is 0 Å². The van der Waals surface area contributed by atoms with Crippen LogP contribution in [-0.4, -0.2) is 11.0 Å². The van der Waals surface area contributed by atoms with Crippen molar-refractivity contribution in [3.8, 4) is 11.8 Å². The van der Waals surface area contributed by atoms with E-state index in [4.69, 9.17) is 16.9 Å². The van der Waals surface area contributed by atoms with Crippen molar-refractivity contribution < 1.29 is 9.90 Å². The minimum atomic E-state index is -0.597. The Morgan fingerprint density at radius 2 is 2.00 bits per heavy atom. The third-order valence-corrected chi connectivity index (χ3v) is 3.34. The molecule has 2 aromatic rings. The van der Waals surface area contributed by atoms with Crippen LogP contribution in [0, 0.1) is 18.3 Å². The summed E-state index contributed by atoms with van der Waals surface area (Å²) in [5.74, 6) is -0.565. The van der Waals surface area contributed by atoms with Gasteiger partial charge in [-0.2, -0.15) is 5.26 Å². The number of halogens is 1. The molecule has 23 heavy (non-hydrogen) atoms. The van der Waals surface area contributed by atoms with Crippen LogP contribution in [0.25, 0.3) is 0 Å². The number of phenolic OH excluding ortho intramolecular Hbond substituents is 1. The van der Waals surface area contributed by atoms with Crippen molar-refractivity contribution in [2.75, 3.05) is 10.6 Å². The molecule has 0 unspecified atom stereocenters. The summed E-state index contributed by atoms with van der Waals surface area (Å²) >= 11 is 5.96. The van der Waals surface area contributed by atoms with Crippen LogP contribution in [0.1, 0.15) is 5.56 Å². The van der Waals surface area contributed by atoms with Gasteiger partial charge in [0, 0.05) is 6.20 Å². The molecule has 2 aromatic carbocycles. The summed E-state index contributed by atoms with van der Waals surface area (Å²) in [5, 5.41) is 24.6. The lowest BCUT2D eigenvalue weighted by atomic mass is 10.2. The molecule has 0 aliphatic rings. The van der Waals surface area contributed by atoms with Crippen LogP contribution in [-0.2, 0) is 4.79 Å². The minimum absolute atomic E-state index is 0.0325. The Morgan fingerprint density at radius 1 is 1.26 bits per heavy atom. The van der Waals surface area contributed by atoms with E-state index < -0.39 is 5.91 Å². The van der Waals surface area contributed by atoms with Crippen molar-refractivity contribution >= 4 is 28.9 Å². The Bertz CT molecular complexity index is 810. The van der Waals surface area contributed by atoms with Crippen LogP contribution in [0.5, 0.6) is 5.75 Å². The second kappa shape index (κ2) is 7.34. The smallest absolute Gasteiger partial charge is 0.267 e. The molecule has 0 bridgehead atoms. The van der Waals surface area contributed by atoms with E-state index in [1.54, 1.807) is 48.5 Å². The number of amides is 1. The summed E-state index contributed by atoms with van der Waals surface area (Å²) in [6.07, 6.45) is 1.23. The molecule has 0 spiro atoms. The fourth-order valence-corrected chi connectivity index (χ4v) is 2.00. The van der Waals surface area contributed by atoms with Gasteiger partial charge in [-0.15, -0.1) is 0 Å². The SMILES string of the molecule is Cc1ccc(N/C=C(/C#N)C(=O)Nc2ccccc2Cl)c(O)c1. The average Bonchev–Trinajstić information content (AvgIpc) is 2.52. The summed E-state index contributed by atoms with van der Waals surface area (Å²) in [7, 11) is 0. The highest BCUT2D eigenvalue weighted by molar-refractivity contribution is 6.33. The van der Waals surface area contributed by atoms with E-state index in [1.165, 1.54) is 6.20 Å². The van der Waals surface area contributed by atoms with Gasteiger partial charge in [0.05, 0.1) is 16.4 Å². The van der Waals surface area contributed by atoms with Gasteiger partial charge in [0.15, 0.2) is 0 Å². The molecule has 0 aliphatic carbocycles. The largest absolute Gasteiger partial charge is 0.506 e. The van der Waals surface area contributed by atoms with E-state index in [0.717, 1.165) is 5.56 Å². The molecule has 6 heteroatoms. The maximum Gasteiger partial charge on any atom is 0.267 e. The lowest BCUT2D eigenvalue weighted by Crippen LogP contribution is -2.14. The van der Waals surface area contributed by atoms with Crippen molar-refractivity contribution in [2.24, 2.45) is 0 Å². The first-order valence-electron chi connectivity index (χ1n) is 6.73. The number of carbonyl (C=O) groups is 1. The van der Waals surface area contributed by atoms with E-state index in [9.17, 15) is 9.90 Å². The van der Waals surface area contributed by atoms with Crippen molar-refractivity contribution in [2.45, 2.75) is 6.92 Å². The fraction of sp³-hybridized carbons (Fsp3) is 0.0588. The van der Waals surface area contributed by atoms with Crippen molar-refractivity contribution in [3.05, 3.63) is 64.8 Å². The van der Waals surface area contributed by atoms with Gasteiger partial charge in [-0.1, -0.05) is 29.8 Å². The quantitative estimate of drug-likeness (QED) is 0.453. The van der Waals surface area contributed by atoms with Crippen molar-refractivity contribution in [3.63, 3.8) is 0 Å². The van der Waals surface area contributed by atoms with Crippen LogP contribution >= 0.6 is 11.6 Å². The normalized spacial score (nSPS) is 10.7. The number of rotatable bonds is 4. The Morgan fingerprint density at radius 3 is 2.65 bits per heavy atom. The molecule has 1 amide bonds. The lowest BCUT2D eigenvalue weighted by Gasteiger charge is -2.08. The van der Waals surface area contributed by atoms with Crippen molar-refractivity contribution in [1.29, 1.82) is 5.26 Å². The molecule has 0 atom stereocenters. The predicted octanol–water partition coefficient (Wildman–Crippen LogP) is 3.81. The lowest BCUT2D eigenvalue weighted by molar-refractivity contribution is -0.112. The van der Waals surface area contributed by atoms with Gasteiger partial charge < -0.3 is 15.7 Å². The number of hydrogen-bond donors (Lipinski definition) is 3. The number of hydrogen-bond acceptors (Lipinski definition) is 4. The third kappa shape index (κ3) is 4.25. The van der Waals surface area contributed by atoms with E-state index in [-0.39, 0.29) is 11.3 Å². The predicted molar refractivity (Wildman–Crippen MR) is 90.2 cm³/mol. The van der Waals surface area contributed by atoms with E-state index in [2.05, 4.69) is 10.6 Å². The molecule has 0 aliphatic heterocycles. The second-order valence-electron chi connectivity index (χ2n) is 4.77. The number of anilines is 2. The molecule has 0 saturated carbocycles. The maximum absolute atomic E-state index is 12.1. The first kappa shape index (κ1) is 16.4. The third-order valence-electron chi connectivity index (χ3n) is 3.01. The van der Waals surface area contributed by atoms with Gasteiger partial charge in [0.1, 0.15) is 17.4 Å². The van der Waals surface area contributed by atoms with E-state index in [1.807, 2.05) is 6.92 Å². The second-order valence-corrected chi connectivity index (χ2v) is 5.18. The molecule has 0 heterocycles. The average molecular weight is 328 g/mol. The zero-order valence-corrected chi connectivity index (χ0v) is 13.1. The van der Waals surface area contributed by atoms with Gasteiger partial charge in [-0.05, 0) is 36.8 Å². The number of benzene rings is 2. The molecular formula is C17H14ClN3O2. The number of carbonyl (C=O) groups excluding carboxylic acids is 1. The molecule has 116 valence electrons. The van der Waals surface area contributed by atoms with Crippen LogP contribution in [0.4, 0.5) is 11.4 Å². The monoisotopic (exact) mass is 327 g/mol. The highest BCUT2D eigenvalue weighted by atomic mass is 35.5. The van der Waals surface area contributed by atoms with Crippen LogP contribution < -0.4 is 10.6 Å². The van der Waals surface area contributed by atoms with Crippen LogP contribution in [0.15, 0.2) is 54.2 Å².